The van der Waals surface area contributed by atoms with Crippen molar-refractivity contribution in [3.63, 3.8) is 0 Å². The number of anilines is 1. The summed E-state index contributed by atoms with van der Waals surface area (Å²) in [5, 5.41) is 0. The normalized spacial score (nSPS) is 15.5. The van der Waals surface area contributed by atoms with Crippen molar-refractivity contribution >= 4 is 11.6 Å². The zero-order valence-electron chi connectivity index (χ0n) is 10.8. The van der Waals surface area contributed by atoms with E-state index < -0.39 is 0 Å². The van der Waals surface area contributed by atoms with Crippen molar-refractivity contribution in [1.29, 1.82) is 0 Å². The highest BCUT2D eigenvalue weighted by molar-refractivity contribution is 5.99. The van der Waals surface area contributed by atoms with Crippen LogP contribution in [0.5, 0.6) is 5.75 Å². The van der Waals surface area contributed by atoms with Crippen LogP contribution in [0.3, 0.4) is 0 Å². The highest BCUT2D eigenvalue weighted by atomic mass is 16.5. The lowest BCUT2D eigenvalue weighted by molar-refractivity contribution is 0.100. The molecule has 1 fully saturated rings. The molecule has 0 unspecified atom stereocenters. The van der Waals surface area contributed by atoms with Gasteiger partial charge in [-0.15, -0.1) is 0 Å². The van der Waals surface area contributed by atoms with Gasteiger partial charge in [0.05, 0.1) is 17.9 Å². The summed E-state index contributed by atoms with van der Waals surface area (Å²) in [6.45, 7) is 4.53. The van der Waals surface area contributed by atoms with Gasteiger partial charge in [0.2, 0.25) is 0 Å². The summed E-state index contributed by atoms with van der Waals surface area (Å²) in [5.74, 6) is 0.418. The maximum atomic E-state index is 11.5. The van der Waals surface area contributed by atoms with Gasteiger partial charge in [0.15, 0.2) is 0 Å². The Bertz CT molecular complexity index is 426. The molecule has 4 heteroatoms. The van der Waals surface area contributed by atoms with Crippen molar-refractivity contribution in [3.05, 3.63) is 23.8 Å². The zero-order valence-corrected chi connectivity index (χ0v) is 10.8. The van der Waals surface area contributed by atoms with Crippen LogP contribution in [0, 0.1) is 0 Å². The highest BCUT2D eigenvalue weighted by Crippen LogP contribution is 2.28. The van der Waals surface area contributed by atoms with Gasteiger partial charge in [-0.3, -0.25) is 4.79 Å². The molecule has 98 valence electrons. The predicted molar refractivity (Wildman–Crippen MR) is 72.2 cm³/mol. The molecule has 0 saturated carbocycles. The molecule has 0 atom stereocenters. The number of rotatable bonds is 4. The quantitative estimate of drug-likeness (QED) is 0.888. The van der Waals surface area contributed by atoms with Crippen LogP contribution in [0.15, 0.2) is 18.2 Å². The smallest absolute Gasteiger partial charge is 0.250 e. The summed E-state index contributed by atoms with van der Waals surface area (Å²) in [6.07, 6.45) is 3.59. The number of benzene rings is 1. The molecule has 1 aromatic carbocycles. The fourth-order valence-electron chi connectivity index (χ4n) is 2.37. The molecule has 0 spiro atoms. The third-order valence-electron chi connectivity index (χ3n) is 3.24. The second kappa shape index (κ2) is 5.76. The van der Waals surface area contributed by atoms with Gasteiger partial charge in [0, 0.05) is 19.2 Å². The average Bonchev–Trinajstić information content (AvgIpc) is 2.40. The molecule has 0 radical (unpaired) electrons. The Labute approximate surface area is 108 Å². The molecular formula is C14H20N2O2. The number of ether oxygens (including phenoxy) is 1. The first-order valence-corrected chi connectivity index (χ1v) is 6.54. The summed E-state index contributed by atoms with van der Waals surface area (Å²) in [6, 6.07) is 5.49. The minimum atomic E-state index is -0.376. The molecule has 1 amide bonds. The molecule has 0 aliphatic carbocycles. The van der Waals surface area contributed by atoms with E-state index in [9.17, 15) is 4.79 Å². The highest BCUT2D eigenvalue weighted by Gasteiger charge is 2.17. The van der Waals surface area contributed by atoms with Gasteiger partial charge in [-0.05, 0) is 38.3 Å². The van der Waals surface area contributed by atoms with E-state index in [1.807, 2.05) is 13.0 Å². The molecule has 1 aromatic rings. The molecule has 1 aliphatic heterocycles. The lowest BCUT2D eigenvalue weighted by atomic mass is 10.1. The summed E-state index contributed by atoms with van der Waals surface area (Å²) >= 11 is 0. The second-order valence-corrected chi connectivity index (χ2v) is 4.52. The molecule has 1 heterocycles. The summed E-state index contributed by atoms with van der Waals surface area (Å²) < 4.78 is 5.49. The molecule has 1 aliphatic rings. The van der Waals surface area contributed by atoms with E-state index in [1.54, 1.807) is 12.1 Å². The predicted octanol–water partition coefficient (Wildman–Crippen LogP) is 2.17. The second-order valence-electron chi connectivity index (χ2n) is 4.52. The number of nitrogens with two attached hydrogens (primary N) is 1. The molecule has 2 rings (SSSR count). The molecule has 1 saturated heterocycles. The van der Waals surface area contributed by atoms with Crippen molar-refractivity contribution < 1.29 is 9.53 Å². The van der Waals surface area contributed by atoms with Crippen LogP contribution in [-0.4, -0.2) is 25.6 Å². The largest absolute Gasteiger partial charge is 0.494 e. The Morgan fingerprint density at radius 2 is 2.06 bits per heavy atom. The lowest BCUT2D eigenvalue weighted by Gasteiger charge is -2.30. The van der Waals surface area contributed by atoms with E-state index >= 15 is 0 Å². The average molecular weight is 248 g/mol. The summed E-state index contributed by atoms with van der Waals surface area (Å²) in [5.41, 5.74) is 6.93. The first-order chi connectivity index (χ1) is 8.72. The van der Waals surface area contributed by atoms with E-state index in [2.05, 4.69) is 4.90 Å². The van der Waals surface area contributed by atoms with E-state index in [0.717, 1.165) is 37.4 Å². The Morgan fingerprint density at radius 1 is 1.33 bits per heavy atom. The van der Waals surface area contributed by atoms with E-state index in [-0.39, 0.29) is 5.91 Å². The summed E-state index contributed by atoms with van der Waals surface area (Å²) in [7, 11) is 0. The number of primary amides is 1. The van der Waals surface area contributed by atoms with Crippen LogP contribution in [0.2, 0.25) is 0 Å². The molecule has 0 aromatic heterocycles. The molecule has 18 heavy (non-hydrogen) atoms. The molecule has 4 nitrogen and oxygen atoms in total. The fourth-order valence-corrected chi connectivity index (χ4v) is 2.37. The van der Waals surface area contributed by atoms with E-state index in [4.69, 9.17) is 10.5 Å². The van der Waals surface area contributed by atoms with E-state index in [0.29, 0.717) is 12.2 Å². The number of hydrogen-bond donors (Lipinski definition) is 1. The van der Waals surface area contributed by atoms with Crippen LogP contribution < -0.4 is 15.4 Å². The third kappa shape index (κ3) is 2.75. The zero-order chi connectivity index (χ0) is 13.0. The van der Waals surface area contributed by atoms with Crippen LogP contribution in [-0.2, 0) is 0 Å². The Kier molecular flexibility index (Phi) is 4.07. The van der Waals surface area contributed by atoms with Crippen LogP contribution >= 0.6 is 0 Å². The summed E-state index contributed by atoms with van der Waals surface area (Å²) in [4.78, 5) is 13.7. The van der Waals surface area contributed by atoms with Crippen LogP contribution in [0.4, 0.5) is 5.69 Å². The Morgan fingerprint density at radius 3 is 2.67 bits per heavy atom. The van der Waals surface area contributed by atoms with Gasteiger partial charge < -0.3 is 15.4 Å². The standard InChI is InChI=1S/C14H20N2O2/c1-2-18-11-6-7-12(14(15)17)13(10-11)16-8-4-3-5-9-16/h6-7,10H,2-5,8-9H2,1H3,(H2,15,17). The van der Waals surface area contributed by atoms with Crippen LogP contribution in [0.1, 0.15) is 36.5 Å². The van der Waals surface area contributed by atoms with Crippen molar-refractivity contribution in [1.82, 2.24) is 0 Å². The lowest BCUT2D eigenvalue weighted by Crippen LogP contribution is -2.31. The fraction of sp³-hybridized carbons (Fsp3) is 0.500. The third-order valence-corrected chi connectivity index (χ3v) is 3.24. The number of carbonyl (C=O) groups excluding carboxylic acids is 1. The monoisotopic (exact) mass is 248 g/mol. The van der Waals surface area contributed by atoms with E-state index in [1.165, 1.54) is 6.42 Å². The maximum Gasteiger partial charge on any atom is 0.250 e. The minimum Gasteiger partial charge on any atom is -0.494 e. The molecule has 2 N–H and O–H groups in total. The van der Waals surface area contributed by atoms with Gasteiger partial charge in [-0.1, -0.05) is 0 Å². The Hall–Kier alpha value is -1.71. The van der Waals surface area contributed by atoms with Gasteiger partial charge in [0.25, 0.3) is 5.91 Å². The molecular weight excluding hydrogens is 228 g/mol. The Balaban J connectivity index is 2.33. The maximum absolute atomic E-state index is 11.5. The first-order valence-electron chi connectivity index (χ1n) is 6.54. The van der Waals surface area contributed by atoms with Crippen molar-refractivity contribution in [2.45, 2.75) is 26.2 Å². The topological polar surface area (TPSA) is 55.6 Å². The van der Waals surface area contributed by atoms with Gasteiger partial charge in [0.1, 0.15) is 5.75 Å². The SMILES string of the molecule is CCOc1ccc(C(N)=O)c(N2CCCCC2)c1. The number of amides is 1. The van der Waals surface area contributed by atoms with Gasteiger partial charge >= 0.3 is 0 Å². The number of hydrogen-bond acceptors (Lipinski definition) is 3. The van der Waals surface area contributed by atoms with Crippen LogP contribution in [0.25, 0.3) is 0 Å². The van der Waals surface area contributed by atoms with Crippen molar-refractivity contribution in [2.24, 2.45) is 5.73 Å². The number of piperidine rings is 1. The van der Waals surface area contributed by atoms with Gasteiger partial charge in [-0.25, -0.2) is 0 Å². The number of carbonyl (C=O) groups is 1. The van der Waals surface area contributed by atoms with Crippen molar-refractivity contribution in [3.8, 4) is 5.75 Å². The van der Waals surface area contributed by atoms with Gasteiger partial charge in [-0.2, -0.15) is 0 Å². The number of nitrogens with zero attached hydrogens (tertiary/aromatic N) is 1. The molecule has 0 bridgehead atoms. The first kappa shape index (κ1) is 12.7. The van der Waals surface area contributed by atoms with Crippen molar-refractivity contribution in [2.75, 3.05) is 24.6 Å². The minimum absolute atomic E-state index is 0.376.